The van der Waals surface area contributed by atoms with Gasteiger partial charge in [-0.3, -0.25) is 0 Å². The van der Waals surface area contributed by atoms with Gasteiger partial charge in [0, 0.05) is 6.54 Å². The van der Waals surface area contributed by atoms with Crippen molar-refractivity contribution >= 4 is 0 Å². The maximum absolute atomic E-state index is 5.73. The third kappa shape index (κ3) is 3.45. The molecule has 1 saturated heterocycles. The fourth-order valence-corrected chi connectivity index (χ4v) is 2.09. The van der Waals surface area contributed by atoms with Crippen LogP contribution in [-0.4, -0.2) is 25.4 Å². The van der Waals surface area contributed by atoms with E-state index in [4.69, 9.17) is 15.2 Å². The Hall–Kier alpha value is -1.06. The number of ether oxygens (including phenoxy) is 2. The van der Waals surface area contributed by atoms with E-state index < -0.39 is 0 Å². The van der Waals surface area contributed by atoms with Crippen LogP contribution in [0, 0.1) is 0 Å². The monoisotopic (exact) mass is 235 g/mol. The third-order valence-electron chi connectivity index (χ3n) is 3.23. The first-order valence-electron chi connectivity index (χ1n) is 6.39. The van der Waals surface area contributed by atoms with Crippen LogP contribution >= 0.6 is 0 Å². The van der Waals surface area contributed by atoms with Crippen LogP contribution in [0.4, 0.5) is 0 Å². The Bertz CT molecular complexity index is 337. The molecular weight excluding hydrogens is 214 g/mol. The summed E-state index contributed by atoms with van der Waals surface area (Å²) in [5, 5.41) is 0. The highest BCUT2D eigenvalue weighted by Crippen LogP contribution is 2.20. The highest BCUT2D eigenvalue weighted by molar-refractivity contribution is 5.27. The Balaban J connectivity index is 1.78. The predicted octanol–water partition coefficient (Wildman–Crippen LogP) is 2.13. The Morgan fingerprint density at radius 3 is 2.53 bits per heavy atom. The zero-order chi connectivity index (χ0) is 12.1. The van der Waals surface area contributed by atoms with E-state index in [1.807, 2.05) is 12.1 Å². The molecule has 3 nitrogen and oxygen atoms in total. The quantitative estimate of drug-likeness (QED) is 0.850. The van der Waals surface area contributed by atoms with Gasteiger partial charge in [0.15, 0.2) is 0 Å². The van der Waals surface area contributed by atoms with Crippen molar-refractivity contribution in [1.29, 1.82) is 0 Å². The Morgan fingerprint density at radius 1 is 1.24 bits per heavy atom. The molecule has 0 aliphatic carbocycles. The molecule has 0 aromatic heterocycles. The van der Waals surface area contributed by atoms with Crippen LogP contribution in [0.5, 0.6) is 5.75 Å². The molecule has 1 aliphatic rings. The third-order valence-corrected chi connectivity index (χ3v) is 3.23. The number of rotatable bonds is 5. The van der Waals surface area contributed by atoms with Crippen LogP contribution in [0.15, 0.2) is 24.3 Å². The summed E-state index contributed by atoms with van der Waals surface area (Å²) in [7, 11) is 0. The molecule has 1 aromatic carbocycles. The lowest BCUT2D eigenvalue weighted by Gasteiger charge is -2.13. The molecule has 2 N–H and O–H groups in total. The minimum atomic E-state index is 0.203. The van der Waals surface area contributed by atoms with Gasteiger partial charge in [-0.05, 0) is 37.0 Å². The van der Waals surface area contributed by atoms with Gasteiger partial charge in [-0.15, -0.1) is 0 Å². The summed E-state index contributed by atoms with van der Waals surface area (Å²) in [5.74, 6) is 0.919. The van der Waals surface area contributed by atoms with E-state index in [1.165, 1.54) is 5.56 Å². The number of hydrogen-bond donors (Lipinski definition) is 1. The van der Waals surface area contributed by atoms with Crippen molar-refractivity contribution in [3.63, 3.8) is 0 Å². The fourth-order valence-electron chi connectivity index (χ4n) is 2.09. The average Bonchev–Trinajstić information content (AvgIpc) is 2.85. The van der Waals surface area contributed by atoms with Crippen LogP contribution in [0.2, 0.25) is 0 Å². The molecule has 0 amide bonds. The average molecular weight is 235 g/mol. The van der Waals surface area contributed by atoms with E-state index >= 15 is 0 Å². The van der Waals surface area contributed by atoms with Gasteiger partial charge in [0.05, 0.1) is 12.2 Å². The maximum Gasteiger partial charge on any atom is 0.119 e. The van der Waals surface area contributed by atoms with Crippen molar-refractivity contribution in [2.75, 3.05) is 13.2 Å². The standard InChI is InChI=1S/C14H21NO2/c1-2-11-3-5-12(6-4-11)16-10-14-8-7-13(9-15)17-14/h3-6,13-14H,2,7-10,15H2,1H3. The molecule has 1 fully saturated rings. The van der Waals surface area contributed by atoms with E-state index in [9.17, 15) is 0 Å². The number of aryl methyl sites for hydroxylation is 1. The molecule has 2 unspecified atom stereocenters. The van der Waals surface area contributed by atoms with Crippen molar-refractivity contribution in [2.45, 2.75) is 38.4 Å². The summed E-state index contributed by atoms with van der Waals surface area (Å²) in [4.78, 5) is 0. The molecule has 17 heavy (non-hydrogen) atoms. The van der Waals surface area contributed by atoms with Gasteiger partial charge in [-0.25, -0.2) is 0 Å². The zero-order valence-corrected chi connectivity index (χ0v) is 10.4. The Morgan fingerprint density at radius 2 is 1.94 bits per heavy atom. The Kier molecular flexibility index (Phi) is 4.40. The molecule has 1 heterocycles. The van der Waals surface area contributed by atoms with Crippen molar-refractivity contribution in [2.24, 2.45) is 5.73 Å². The first kappa shape index (κ1) is 12.4. The highest BCUT2D eigenvalue weighted by Gasteiger charge is 2.24. The molecule has 1 aromatic rings. The summed E-state index contributed by atoms with van der Waals surface area (Å²) >= 11 is 0. The first-order valence-corrected chi connectivity index (χ1v) is 6.39. The van der Waals surface area contributed by atoms with Crippen LogP contribution < -0.4 is 10.5 Å². The summed E-state index contributed by atoms with van der Waals surface area (Å²) in [6, 6.07) is 8.25. The minimum absolute atomic E-state index is 0.203. The molecule has 2 atom stereocenters. The summed E-state index contributed by atoms with van der Waals surface area (Å²) in [6.45, 7) is 3.39. The van der Waals surface area contributed by atoms with E-state index in [1.54, 1.807) is 0 Å². The molecule has 0 bridgehead atoms. The molecule has 0 radical (unpaired) electrons. The number of benzene rings is 1. The molecular formula is C14H21NO2. The molecule has 1 aliphatic heterocycles. The van der Waals surface area contributed by atoms with Crippen LogP contribution in [0.25, 0.3) is 0 Å². The minimum Gasteiger partial charge on any atom is -0.491 e. The summed E-state index contributed by atoms with van der Waals surface area (Å²) in [6.07, 6.45) is 3.60. The topological polar surface area (TPSA) is 44.5 Å². The van der Waals surface area contributed by atoms with Crippen LogP contribution in [0.3, 0.4) is 0 Å². The fraction of sp³-hybridized carbons (Fsp3) is 0.571. The lowest BCUT2D eigenvalue weighted by molar-refractivity contribution is 0.0222. The maximum atomic E-state index is 5.73. The smallest absolute Gasteiger partial charge is 0.119 e. The molecule has 94 valence electrons. The number of nitrogens with two attached hydrogens (primary N) is 1. The predicted molar refractivity (Wildman–Crippen MR) is 68.3 cm³/mol. The van der Waals surface area contributed by atoms with E-state index in [0.717, 1.165) is 25.0 Å². The molecule has 0 saturated carbocycles. The van der Waals surface area contributed by atoms with E-state index in [2.05, 4.69) is 19.1 Å². The second kappa shape index (κ2) is 6.03. The van der Waals surface area contributed by atoms with Crippen molar-refractivity contribution in [3.05, 3.63) is 29.8 Å². The molecule has 2 rings (SSSR count). The zero-order valence-electron chi connectivity index (χ0n) is 10.4. The van der Waals surface area contributed by atoms with Gasteiger partial charge in [0.1, 0.15) is 12.4 Å². The van der Waals surface area contributed by atoms with Crippen LogP contribution in [0.1, 0.15) is 25.3 Å². The first-order chi connectivity index (χ1) is 8.31. The van der Waals surface area contributed by atoms with Crippen molar-refractivity contribution in [1.82, 2.24) is 0 Å². The second-order valence-corrected chi connectivity index (χ2v) is 4.50. The lowest BCUT2D eigenvalue weighted by atomic mass is 10.2. The van der Waals surface area contributed by atoms with Gasteiger partial charge in [0.25, 0.3) is 0 Å². The van der Waals surface area contributed by atoms with Crippen molar-refractivity contribution in [3.8, 4) is 5.75 Å². The molecule has 3 heteroatoms. The van der Waals surface area contributed by atoms with Gasteiger partial charge in [-0.2, -0.15) is 0 Å². The number of hydrogen-bond acceptors (Lipinski definition) is 3. The normalized spacial score (nSPS) is 23.9. The van der Waals surface area contributed by atoms with Gasteiger partial charge < -0.3 is 15.2 Å². The van der Waals surface area contributed by atoms with Crippen molar-refractivity contribution < 1.29 is 9.47 Å². The van der Waals surface area contributed by atoms with Gasteiger partial charge in [0.2, 0.25) is 0 Å². The summed E-state index contributed by atoms with van der Waals surface area (Å²) in [5.41, 5.74) is 6.90. The van der Waals surface area contributed by atoms with Crippen LogP contribution in [-0.2, 0) is 11.2 Å². The van der Waals surface area contributed by atoms with Gasteiger partial charge in [-0.1, -0.05) is 19.1 Å². The molecule has 0 spiro atoms. The van der Waals surface area contributed by atoms with E-state index in [0.29, 0.717) is 13.2 Å². The lowest BCUT2D eigenvalue weighted by Crippen LogP contribution is -2.23. The summed E-state index contributed by atoms with van der Waals surface area (Å²) < 4.78 is 11.4. The highest BCUT2D eigenvalue weighted by atomic mass is 16.5. The Labute approximate surface area is 103 Å². The largest absolute Gasteiger partial charge is 0.491 e. The second-order valence-electron chi connectivity index (χ2n) is 4.50. The SMILES string of the molecule is CCc1ccc(OCC2CCC(CN)O2)cc1. The van der Waals surface area contributed by atoms with E-state index in [-0.39, 0.29) is 12.2 Å². The van der Waals surface area contributed by atoms with Gasteiger partial charge >= 0.3 is 0 Å².